The van der Waals surface area contributed by atoms with Gasteiger partial charge in [-0.05, 0) is 31.4 Å². The van der Waals surface area contributed by atoms with Gasteiger partial charge in [-0.25, -0.2) is 8.42 Å². The highest BCUT2D eigenvalue weighted by atomic mass is 32.2. The van der Waals surface area contributed by atoms with Gasteiger partial charge < -0.3 is 10.6 Å². The number of nitrogens with zero attached hydrogens (tertiary/aromatic N) is 1. The Kier molecular flexibility index (Phi) is 8.51. The Morgan fingerprint density at radius 1 is 1.00 bits per heavy atom. The van der Waals surface area contributed by atoms with E-state index in [1.165, 1.54) is 17.4 Å². The molecule has 0 saturated heterocycles. The standard InChI is InChI=1S/C22H31N3O2S/c1-4-23-22(25-18(2)15-16-28(3,26)27)24-17-21(19-11-7-5-8-12-19)20-13-9-6-10-14-20/h5-14,18,21H,4,15-17H2,1-3H3,(H2,23,24,25). The molecule has 2 aromatic carbocycles. The van der Waals surface area contributed by atoms with Gasteiger partial charge in [0.15, 0.2) is 5.96 Å². The van der Waals surface area contributed by atoms with Crippen LogP contribution in [0.1, 0.15) is 37.3 Å². The minimum atomic E-state index is -2.97. The lowest BCUT2D eigenvalue weighted by atomic mass is 9.91. The van der Waals surface area contributed by atoms with Crippen molar-refractivity contribution in [3.63, 3.8) is 0 Å². The van der Waals surface area contributed by atoms with Gasteiger partial charge in [-0.2, -0.15) is 0 Å². The second-order valence-corrected chi connectivity index (χ2v) is 9.32. The summed E-state index contributed by atoms with van der Waals surface area (Å²) in [6, 6.07) is 20.7. The lowest BCUT2D eigenvalue weighted by molar-refractivity contribution is 0.581. The van der Waals surface area contributed by atoms with E-state index in [9.17, 15) is 8.42 Å². The second kappa shape index (κ2) is 10.9. The van der Waals surface area contributed by atoms with Crippen molar-refractivity contribution in [3.8, 4) is 0 Å². The fraction of sp³-hybridized carbons (Fsp3) is 0.409. The Morgan fingerprint density at radius 3 is 2.00 bits per heavy atom. The van der Waals surface area contributed by atoms with E-state index in [4.69, 9.17) is 4.99 Å². The van der Waals surface area contributed by atoms with Crippen LogP contribution < -0.4 is 10.6 Å². The molecule has 0 radical (unpaired) electrons. The summed E-state index contributed by atoms with van der Waals surface area (Å²) in [5.74, 6) is 1.03. The van der Waals surface area contributed by atoms with E-state index in [1.54, 1.807) is 0 Å². The predicted molar refractivity (Wildman–Crippen MR) is 118 cm³/mol. The summed E-state index contributed by atoms with van der Waals surface area (Å²) in [6.07, 6.45) is 1.81. The van der Waals surface area contributed by atoms with E-state index in [0.29, 0.717) is 18.9 Å². The first-order valence-electron chi connectivity index (χ1n) is 9.71. The van der Waals surface area contributed by atoms with Gasteiger partial charge in [-0.3, -0.25) is 4.99 Å². The third kappa shape index (κ3) is 7.72. The van der Waals surface area contributed by atoms with Crippen molar-refractivity contribution in [1.29, 1.82) is 0 Å². The highest BCUT2D eigenvalue weighted by Crippen LogP contribution is 2.24. The molecule has 152 valence electrons. The molecule has 0 heterocycles. The van der Waals surface area contributed by atoms with Gasteiger partial charge in [0, 0.05) is 24.8 Å². The number of nitrogens with one attached hydrogen (secondary N) is 2. The molecule has 0 saturated carbocycles. The molecule has 0 spiro atoms. The molecule has 1 unspecified atom stereocenters. The minimum absolute atomic E-state index is 0.0134. The molecule has 6 heteroatoms. The van der Waals surface area contributed by atoms with E-state index in [1.807, 2.05) is 50.2 Å². The normalized spacial score (nSPS) is 13.4. The summed E-state index contributed by atoms with van der Waals surface area (Å²) >= 11 is 0. The summed E-state index contributed by atoms with van der Waals surface area (Å²) in [6.45, 7) is 5.34. The van der Waals surface area contributed by atoms with Crippen molar-refractivity contribution in [2.75, 3.05) is 25.1 Å². The summed E-state index contributed by atoms with van der Waals surface area (Å²) < 4.78 is 22.8. The molecular formula is C22H31N3O2S. The molecule has 2 N–H and O–H groups in total. The molecule has 2 aromatic rings. The summed E-state index contributed by atoms with van der Waals surface area (Å²) in [5.41, 5.74) is 2.44. The van der Waals surface area contributed by atoms with Crippen LogP contribution in [0.3, 0.4) is 0 Å². The molecule has 1 atom stereocenters. The Bertz CT molecular complexity index is 797. The average Bonchev–Trinajstić information content (AvgIpc) is 2.68. The zero-order valence-corrected chi connectivity index (χ0v) is 17.7. The molecule has 28 heavy (non-hydrogen) atoms. The Hall–Kier alpha value is -2.34. The number of rotatable bonds is 9. The number of guanidine groups is 1. The van der Waals surface area contributed by atoms with Crippen LogP contribution in [0.2, 0.25) is 0 Å². The van der Waals surface area contributed by atoms with Crippen molar-refractivity contribution in [3.05, 3.63) is 71.8 Å². The summed E-state index contributed by atoms with van der Waals surface area (Å²) in [5, 5.41) is 6.58. The van der Waals surface area contributed by atoms with Crippen molar-refractivity contribution in [1.82, 2.24) is 10.6 Å². The SMILES string of the molecule is CCNC(=NCC(c1ccccc1)c1ccccc1)NC(C)CCS(C)(=O)=O. The number of sulfone groups is 1. The second-order valence-electron chi connectivity index (χ2n) is 7.06. The molecule has 0 aliphatic rings. The fourth-order valence-electron chi connectivity index (χ4n) is 2.97. The maximum atomic E-state index is 11.4. The highest BCUT2D eigenvalue weighted by molar-refractivity contribution is 7.90. The first-order chi connectivity index (χ1) is 13.4. The smallest absolute Gasteiger partial charge is 0.191 e. The maximum Gasteiger partial charge on any atom is 0.191 e. The zero-order chi connectivity index (χ0) is 20.4. The number of hydrogen-bond donors (Lipinski definition) is 2. The lowest BCUT2D eigenvalue weighted by Crippen LogP contribution is -2.43. The quantitative estimate of drug-likeness (QED) is 0.500. The van der Waals surface area contributed by atoms with Gasteiger partial charge in [0.1, 0.15) is 9.84 Å². The number of aliphatic imine (C=N–C) groups is 1. The largest absolute Gasteiger partial charge is 0.357 e. The third-order valence-corrected chi connectivity index (χ3v) is 5.46. The first-order valence-corrected chi connectivity index (χ1v) is 11.8. The molecule has 0 aliphatic carbocycles. The van der Waals surface area contributed by atoms with Gasteiger partial charge in [0.25, 0.3) is 0 Å². The average molecular weight is 402 g/mol. The molecule has 0 aliphatic heterocycles. The van der Waals surface area contributed by atoms with Crippen molar-refractivity contribution in [2.24, 2.45) is 4.99 Å². The topological polar surface area (TPSA) is 70.6 Å². The Morgan fingerprint density at radius 2 is 1.54 bits per heavy atom. The fourth-order valence-corrected chi connectivity index (χ4v) is 3.75. The van der Waals surface area contributed by atoms with Crippen LogP contribution in [-0.4, -0.2) is 45.5 Å². The molecule has 5 nitrogen and oxygen atoms in total. The molecule has 0 fully saturated rings. The van der Waals surface area contributed by atoms with Crippen molar-refractivity contribution < 1.29 is 8.42 Å². The van der Waals surface area contributed by atoms with E-state index in [2.05, 4.69) is 34.9 Å². The van der Waals surface area contributed by atoms with Crippen LogP contribution in [-0.2, 0) is 9.84 Å². The Labute approximate surface area is 169 Å². The van der Waals surface area contributed by atoms with Crippen LogP contribution in [0.15, 0.2) is 65.7 Å². The molecular weight excluding hydrogens is 370 g/mol. The van der Waals surface area contributed by atoms with Gasteiger partial charge >= 0.3 is 0 Å². The van der Waals surface area contributed by atoms with Gasteiger partial charge in [-0.15, -0.1) is 0 Å². The van der Waals surface area contributed by atoms with Gasteiger partial charge in [-0.1, -0.05) is 60.7 Å². The monoisotopic (exact) mass is 401 g/mol. The van der Waals surface area contributed by atoms with Crippen molar-refractivity contribution in [2.45, 2.75) is 32.2 Å². The first kappa shape index (κ1) is 22.0. The minimum Gasteiger partial charge on any atom is -0.357 e. The van der Waals surface area contributed by atoms with Crippen molar-refractivity contribution >= 4 is 15.8 Å². The van der Waals surface area contributed by atoms with E-state index in [0.717, 1.165) is 6.54 Å². The summed E-state index contributed by atoms with van der Waals surface area (Å²) in [4.78, 5) is 4.80. The Balaban J connectivity index is 2.14. The molecule has 2 rings (SSSR count). The molecule has 0 bridgehead atoms. The van der Waals surface area contributed by atoms with Gasteiger partial charge in [0.2, 0.25) is 0 Å². The maximum absolute atomic E-state index is 11.4. The summed E-state index contributed by atoms with van der Waals surface area (Å²) in [7, 11) is -2.97. The van der Waals surface area contributed by atoms with Crippen LogP contribution in [0.25, 0.3) is 0 Å². The van der Waals surface area contributed by atoms with Crippen LogP contribution in [0.4, 0.5) is 0 Å². The number of benzene rings is 2. The number of hydrogen-bond acceptors (Lipinski definition) is 3. The van der Waals surface area contributed by atoms with E-state index in [-0.39, 0.29) is 17.7 Å². The van der Waals surface area contributed by atoms with E-state index < -0.39 is 9.84 Å². The molecule has 0 aromatic heterocycles. The third-order valence-electron chi connectivity index (χ3n) is 4.48. The van der Waals surface area contributed by atoms with Crippen LogP contribution in [0, 0.1) is 0 Å². The molecule has 0 amide bonds. The van der Waals surface area contributed by atoms with Crippen LogP contribution in [0.5, 0.6) is 0 Å². The lowest BCUT2D eigenvalue weighted by Gasteiger charge is -2.20. The van der Waals surface area contributed by atoms with Crippen LogP contribution >= 0.6 is 0 Å². The highest BCUT2D eigenvalue weighted by Gasteiger charge is 2.15. The van der Waals surface area contributed by atoms with Gasteiger partial charge in [0.05, 0.1) is 12.3 Å². The van der Waals surface area contributed by atoms with E-state index >= 15 is 0 Å². The zero-order valence-electron chi connectivity index (χ0n) is 16.9. The predicted octanol–water partition coefficient (Wildman–Crippen LogP) is 3.20.